The predicted molar refractivity (Wildman–Crippen MR) is 52.2 cm³/mol. The summed E-state index contributed by atoms with van der Waals surface area (Å²) >= 11 is 1.30. The van der Waals surface area contributed by atoms with Gasteiger partial charge < -0.3 is 4.57 Å². The maximum atomic E-state index is 11.2. The number of fused-ring (bicyclic) bond motifs is 1. The summed E-state index contributed by atoms with van der Waals surface area (Å²) in [6.45, 7) is 0. The fraction of sp³-hybridized carbons (Fsp3) is 0.222. The van der Waals surface area contributed by atoms with E-state index < -0.39 is 0 Å². The lowest BCUT2D eigenvalue weighted by molar-refractivity contribution is 0.883. The normalized spacial score (nSPS) is 14.4. The molecule has 3 heteroatoms. The summed E-state index contributed by atoms with van der Waals surface area (Å²) < 4.78 is 1.69. The zero-order chi connectivity index (χ0) is 8.55. The standard InChI is InChI=1S/C9H9NOS/c1-10-7-5-3-2-4-6-8(7)12-9(10)11/h3-6H,2H2,1H3. The van der Waals surface area contributed by atoms with Crippen molar-refractivity contribution in [2.24, 2.45) is 7.05 Å². The minimum absolute atomic E-state index is 0.108. The predicted octanol–water partition coefficient (Wildman–Crippen LogP) is 1.88. The quantitative estimate of drug-likeness (QED) is 0.596. The number of nitrogens with zero attached hydrogens (tertiary/aromatic N) is 1. The van der Waals surface area contributed by atoms with E-state index in [1.54, 1.807) is 11.6 Å². The molecule has 1 aromatic heterocycles. The van der Waals surface area contributed by atoms with Crippen LogP contribution in [-0.2, 0) is 7.05 Å². The Morgan fingerprint density at radius 3 is 3.00 bits per heavy atom. The van der Waals surface area contributed by atoms with Crippen molar-refractivity contribution in [3.63, 3.8) is 0 Å². The van der Waals surface area contributed by atoms with E-state index >= 15 is 0 Å². The number of rotatable bonds is 0. The van der Waals surface area contributed by atoms with E-state index in [4.69, 9.17) is 0 Å². The van der Waals surface area contributed by atoms with Gasteiger partial charge in [0, 0.05) is 7.05 Å². The minimum atomic E-state index is 0.108. The maximum Gasteiger partial charge on any atom is 0.307 e. The van der Waals surface area contributed by atoms with Crippen LogP contribution in [0.2, 0.25) is 0 Å². The highest BCUT2D eigenvalue weighted by molar-refractivity contribution is 7.10. The lowest BCUT2D eigenvalue weighted by Crippen LogP contribution is -2.08. The van der Waals surface area contributed by atoms with Gasteiger partial charge in [0.05, 0.1) is 10.6 Å². The largest absolute Gasteiger partial charge is 0.307 e. The van der Waals surface area contributed by atoms with Crippen LogP contribution >= 0.6 is 11.3 Å². The van der Waals surface area contributed by atoms with Crippen LogP contribution in [0.4, 0.5) is 0 Å². The Labute approximate surface area is 74.5 Å². The van der Waals surface area contributed by atoms with Crippen molar-refractivity contribution < 1.29 is 0 Å². The van der Waals surface area contributed by atoms with Gasteiger partial charge in [0.2, 0.25) is 0 Å². The summed E-state index contributed by atoms with van der Waals surface area (Å²) in [5, 5.41) is 0. The molecule has 0 aromatic carbocycles. The van der Waals surface area contributed by atoms with Gasteiger partial charge in [-0.1, -0.05) is 23.5 Å². The van der Waals surface area contributed by atoms with E-state index in [0.717, 1.165) is 17.0 Å². The van der Waals surface area contributed by atoms with Crippen molar-refractivity contribution in [3.8, 4) is 0 Å². The van der Waals surface area contributed by atoms with Gasteiger partial charge >= 0.3 is 4.87 Å². The highest BCUT2D eigenvalue weighted by atomic mass is 32.1. The highest BCUT2D eigenvalue weighted by Crippen LogP contribution is 2.18. The summed E-state index contributed by atoms with van der Waals surface area (Å²) in [5.41, 5.74) is 1.03. The van der Waals surface area contributed by atoms with Crippen LogP contribution in [0, 0.1) is 0 Å². The molecule has 0 aliphatic heterocycles. The number of hydrogen-bond donors (Lipinski definition) is 0. The monoisotopic (exact) mass is 179 g/mol. The van der Waals surface area contributed by atoms with Gasteiger partial charge in [0.25, 0.3) is 0 Å². The van der Waals surface area contributed by atoms with Gasteiger partial charge in [0.15, 0.2) is 0 Å². The minimum Gasteiger partial charge on any atom is -0.302 e. The first kappa shape index (κ1) is 7.55. The van der Waals surface area contributed by atoms with Gasteiger partial charge in [-0.2, -0.15) is 0 Å². The van der Waals surface area contributed by atoms with E-state index in [1.165, 1.54) is 11.3 Å². The second kappa shape index (κ2) is 2.75. The Kier molecular flexibility index (Phi) is 1.73. The molecule has 0 amide bonds. The fourth-order valence-electron chi connectivity index (χ4n) is 1.23. The second-order valence-corrected chi connectivity index (χ2v) is 3.71. The van der Waals surface area contributed by atoms with Crippen LogP contribution in [0.3, 0.4) is 0 Å². The van der Waals surface area contributed by atoms with Crippen molar-refractivity contribution in [2.45, 2.75) is 6.42 Å². The third-order valence-electron chi connectivity index (χ3n) is 1.90. The van der Waals surface area contributed by atoms with Crippen LogP contribution in [0.1, 0.15) is 17.0 Å². The van der Waals surface area contributed by atoms with Crippen LogP contribution in [-0.4, -0.2) is 4.57 Å². The van der Waals surface area contributed by atoms with Gasteiger partial charge in [-0.15, -0.1) is 0 Å². The summed E-state index contributed by atoms with van der Waals surface area (Å²) in [7, 11) is 1.81. The zero-order valence-corrected chi connectivity index (χ0v) is 7.60. The molecular formula is C9H9NOS. The number of allylic oxidation sites excluding steroid dienone is 2. The third kappa shape index (κ3) is 1.06. The molecule has 0 fully saturated rings. The molecule has 1 aliphatic rings. The highest BCUT2D eigenvalue weighted by Gasteiger charge is 2.07. The summed E-state index contributed by atoms with van der Waals surface area (Å²) in [6.07, 6.45) is 9.11. The second-order valence-electron chi connectivity index (χ2n) is 2.72. The van der Waals surface area contributed by atoms with E-state index in [1.807, 2.05) is 12.2 Å². The molecule has 0 N–H and O–H groups in total. The molecule has 0 atom stereocenters. The van der Waals surface area contributed by atoms with Gasteiger partial charge in [0.1, 0.15) is 0 Å². The van der Waals surface area contributed by atoms with Crippen molar-refractivity contribution in [2.75, 3.05) is 0 Å². The molecule has 2 nitrogen and oxygen atoms in total. The van der Waals surface area contributed by atoms with Crippen LogP contribution in [0.15, 0.2) is 16.9 Å². The molecule has 1 aromatic rings. The fourth-order valence-corrected chi connectivity index (χ4v) is 2.12. The van der Waals surface area contributed by atoms with E-state index in [2.05, 4.69) is 12.2 Å². The Balaban J connectivity index is 2.73. The Bertz CT molecular complexity index is 409. The van der Waals surface area contributed by atoms with Crippen LogP contribution < -0.4 is 4.87 Å². The molecule has 12 heavy (non-hydrogen) atoms. The van der Waals surface area contributed by atoms with Crippen molar-refractivity contribution in [3.05, 3.63) is 32.4 Å². The molecule has 62 valence electrons. The first-order chi connectivity index (χ1) is 5.79. The van der Waals surface area contributed by atoms with Crippen LogP contribution in [0.25, 0.3) is 12.2 Å². The van der Waals surface area contributed by atoms with Gasteiger partial charge in [-0.3, -0.25) is 4.79 Å². The van der Waals surface area contributed by atoms with E-state index in [9.17, 15) is 4.79 Å². The third-order valence-corrected chi connectivity index (χ3v) is 2.92. The average molecular weight is 179 g/mol. The smallest absolute Gasteiger partial charge is 0.302 e. The summed E-state index contributed by atoms with van der Waals surface area (Å²) in [5.74, 6) is 0. The molecule has 0 bridgehead atoms. The van der Waals surface area contributed by atoms with Crippen molar-refractivity contribution >= 4 is 23.5 Å². The molecule has 0 saturated heterocycles. The summed E-state index contributed by atoms with van der Waals surface area (Å²) in [6, 6.07) is 0. The van der Waals surface area contributed by atoms with E-state index in [0.29, 0.717) is 0 Å². The van der Waals surface area contributed by atoms with E-state index in [-0.39, 0.29) is 4.87 Å². The number of thiazole rings is 1. The Morgan fingerprint density at radius 1 is 1.42 bits per heavy atom. The summed E-state index contributed by atoms with van der Waals surface area (Å²) in [4.78, 5) is 12.4. The first-order valence-corrected chi connectivity index (χ1v) is 4.63. The molecule has 0 saturated carbocycles. The van der Waals surface area contributed by atoms with Crippen LogP contribution in [0.5, 0.6) is 0 Å². The molecule has 1 heterocycles. The topological polar surface area (TPSA) is 22.0 Å². The van der Waals surface area contributed by atoms with Crippen molar-refractivity contribution in [1.29, 1.82) is 0 Å². The Hall–Kier alpha value is -1.09. The van der Waals surface area contributed by atoms with Crippen molar-refractivity contribution in [1.82, 2.24) is 4.57 Å². The molecule has 2 rings (SSSR count). The average Bonchev–Trinajstić information content (AvgIpc) is 2.30. The molecular weight excluding hydrogens is 170 g/mol. The number of aromatic nitrogens is 1. The lowest BCUT2D eigenvalue weighted by atomic mass is 10.3. The SMILES string of the molecule is Cn1c2c(sc1=O)C=CCC=C2. The molecule has 1 aliphatic carbocycles. The Morgan fingerprint density at radius 2 is 2.17 bits per heavy atom. The lowest BCUT2D eigenvalue weighted by Gasteiger charge is -1.93. The molecule has 0 radical (unpaired) electrons. The zero-order valence-electron chi connectivity index (χ0n) is 6.78. The number of hydrogen-bond acceptors (Lipinski definition) is 2. The molecule has 0 spiro atoms. The maximum absolute atomic E-state index is 11.2. The van der Waals surface area contributed by atoms with Gasteiger partial charge in [-0.25, -0.2) is 0 Å². The van der Waals surface area contributed by atoms with Gasteiger partial charge in [-0.05, 0) is 18.6 Å². The first-order valence-electron chi connectivity index (χ1n) is 3.82. The molecule has 0 unspecified atom stereocenters.